The second-order valence-electron chi connectivity index (χ2n) is 11.1. The Hall–Kier alpha value is -4.43. The minimum Gasteiger partial charge on any atom is -0.491 e. The molecule has 222 valence electrons. The number of ether oxygens (including phenoxy) is 2. The van der Waals surface area contributed by atoms with E-state index in [0.717, 1.165) is 36.1 Å². The van der Waals surface area contributed by atoms with Crippen molar-refractivity contribution in [2.75, 3.05) is 32.8 Å². The van der Waals surface area contributed by atoms with E-state index < -0.39 is 5.60 Å². The number of fused-ring (bicyclic) bond motifs is 1. The van der Waals surface area contributed by atoms with Crippen molar-refractivity contribution in [1.29, 1.82) is 0 Å². The molecule has 1 saturated heterocycles. The number of morpholine rings is 1. The zero-order chi connectivity index (χ0) is 29.6. The van der Waals surface area contributed by atoms with Crippen molar-refractivity contribution in [2.45, 2.75) is 37.8 Å². The van der Waals surface area contributed by atoms with Crippen LogP contribution in [0.25, 0.3) is 11.3 Å². The molecule has 3 aromatic carbocycles. The molecule has 2 aliphatic heterocycles. The fraction of sp³-hybridized carbons (Fsp3) is 0.314. The molecule has 2 amide bonds. The number of carbonyl (C=O) groups excluding carboxylic acids is 2. The molecule has 2 aliphatic rings. The van der Waals surface area contributed by atoms with Gasteiger partial charge >= 0.3 is 0 Å². The third-order valence-corrected chi connectivity index (χ3v) is 8.18. The lowest BCUT2D eigenvalue weighted by Crippen LogP contribution is -2.61. The summed E-state index contributed by atoms with van der Waals surface area (Å²) in [5.74, 6) is 0.712. The van der Waals surface area contributed by atoms with E-state index in [0.29, 0.717) is 44.0 Å². The van der Waals surface area contributed by atoms with Gasteiger partial charge in [0.15, 0.2) is 11.4 Å². The van der Waals surface area contributed by atoms with E-state index in [-0.39, 0.29) is 36.5 Å². The van der Waals surface area contributed by atoms with Gasteiger partial charge < -0.3 is 23.7 Å². The van der Waals surface area contributed by atoms with Crippen molar-refractivity contribution in [2.24, 2.45) is 0 Å². The summed E-state index contributed by atoms with van der Waals surface area (Å²) in [4.78, 5) is 31.6. The highest BCUT2D eigenvalue weighted by Crippen LogP contribution is 2.31. The summed E-state index contributed by atoms with van der Waals surface area (Å²) in [6.45, 7) is 1.83. The molecule has 0 aliphatic carbocycles. The molecule has 0 bridgehead atoms. The van der Waals surface area contributed by atoms with Crippen LogP contribution < -0.4 is 4.74 Å². The van der Waals surface area contributed by atoms with Crippen LogP contribution in [-0.4, -0.2) is 60.1 Å². The van der Waals surface area contributed by atoms with Crippen LogP contribution in [0.5, 0.6) is 5.75 Å². The molecule has 0 radical (unpaired) electrons. The predicted octanol–water partition coefficient (Wildman–Crippen LogP) is 6.13. The van der Waals surface area contributed by atoms with Crippen LogP contribution in [0.15, 0.2) is 95.4 Å². The molecule has 0 saturated carbocycles. The number of aryl methyl sites for hydroxylation is 1. The molecule has 3 heterocycles. The molecular weight excluding hydrogens is 547 g/mol. The van der Waals surface area contributed by atoms with E-state index >= 15 is 0 Å². The quantitative estimate of drug-likeness (QED) is 0.290. The van der Waals surface area contributed by atoms with E-state index in [1.54, 1.807) is 34.1 Å². The maximum Gasteiger partial charge on any atom is 0.289 e. The first kappa shape index (κ1) is 28.7. The van der Waals surface area contributed by atoms with Crippen LogP contribution in [0.3, 0.4) is 0 Å². The van der Waals surface area contributed by atoms with Gasteiger partial charge in [-0.3, -0.25) is 9.59 Å². The third kappa shape index (κ3) is 6.49. The van der Waals surface area contributed by atoms with Crippen LogP contribution in [-0.2, 0) is 22.5 Å². The first-order valence-corrected chi connectivity index (χ1v) is 14.8. The number of rotatable bonds is 4. The lowest BCUT2D eigenvalue weighted by Gasteiger charge is -2.44. The smallest absolute Gasteiger partial charge is 0.289 e. The number of hydrogen-bond donors (Lipinski definition) is 0. The van der Waals surface area contributed by atoms with Gasteiger partial charge in [0, 0.05) is 18.7 Å². The minimum absolute atomic E-state index is 0.125. The molecule has 7 nitrogen and oxygen atoms in total. The summed E-state index contributed by atoms with van der Waals surface area (Å²) in [6.07, 6.45) is 2.92. The molecule has 8 heteroatoms. The van der Waals surface area contributed by atoms with Crippen LogP contribution in [0.4, 0.5) is 4.39 Å². The third-order valence-electron chi connectivity index (χ3n) is 8.18. The molecule has 1 atom stereocenters. The standard InChI is InChI=1S/C35H35FN2O5/c36-29-15-13-28(14-16-29)31-17-18-32(43-31)33(39)38-21-23-42-35(25-38)19-7-6-11-27-10-4-5-12-30(27)41-22-20-37(34(35)40)24-26-8-2-1-3-9-26/h1-5,8-10,12-18H,6-7,11,19-25H2. The molecule has 1 fully saturated rings. The van der Waals surface area contributed by atoms with Crippen molar-refractivity contribution >= 4 is 11.8 Å². The number of nitrogens with zero attached hydrogens (tertiary/aromatic N) is 2. The molecule has 1 spiro atoms. The highest BCUT2D eigenvalue weighted by molar-refractivity contribution is 5.93. The maximum absolute atomic E-state index is 14.5. The van der Waals surface area contributed by atoms with E-state index in [4.69, 9.17) is 13.9 Å². The normalized spacial score (nSPS) is 19.7. The summed E-state index contributed by atoms with van der Waals surface area (Å²) in [5, 5.41) is 0. The molecule has 1 unspecified atom stereocenters. The molecule has 0 N–H and O–H groups in total. The molecular formula is C35H35FN2O5. The highest BCUT2D eigenvalue weighted by atomic mass is 19.1. The lowest BCUT2D eigenvalue weighted by molar-refractivity contribution is -0.171. The fourth-order valence-corrected chi connectivity index (χ4v) is 5.91. The van der Waals surface area contributed by atoms with Gasteiger partial charge in [-0.2, -0.15) is 0 Å². The van der Waals surface area contributed by atoms with E-state index in [1.165, 1.54) is 12.1 Å². The Morgan fingerprint density at radius 1 is 0.860 bits per heavy atom. The Kier molecular flexibility index (Phi) is 8.56. The van der Waals surface area contributed by atoms with Gasteiger partial charge in [-0.05, 0) is 79.3 Å². The van der Waals surface area contributed by atoms with Crippen molar-refractivity contribution in [3.05, 3.63) is 114 Å². The second-order valence-corrected chi connectivity index (χ2v) is 11.1. The number of hydrogen-bond acceptors (Lipinski definition) is 5. The van der Waals surface area contributed by atoms with Gasteiger partial charge in [-0.25, -0.2) is 4.39 Å². The van der Waals surface area contributed by atoms with Gasteiger partial charge in [-0.1, -0.05) is 48.5 Å². The fourth-order valence-electron chi connectivity index (χ4n) is 5.91. The Bertz CT molecular complexity index is 1550. The molecule has 1 aromatic heterocycles. The van der Waals surface area contributed by atoms with Crippen molar-refractivity contribution in [1.82, 2.24) is 9.80 Å². The Morgan fingerprint density at radius 2 is 1.65 bits per heavy atom. The Balaban J connectivity index is 1.26. The van der Waals surface area contributed by atoms with Crippen LogP contribution in [0.2, 0.25) is 0 Å². The first-order chi connectivity index (χ1) is 21.0. The Labute approximate surface area is 250 Å². The van der Waals surface area contributed by atoms with Crippen LogP contribution in [0.1, 0.15) is 40.9 Å². The number of furan rings is 1. The van der Waals surface area contributed by atoms with Gasteiger partial charge in [0.2, 0.25) is 0 Å². The second kappa shape index (κ2) is 12.8. The summed E-state index contributed by atoms with van der Waals surface area (Å²) < 4.78 is 31.9. The van der Waals surface area contributed by atoms with E-state index in [2.05, 4.69) is 6.07 Å². The monoisotopic (exact) mass is 582 g/mol. The zero-order valence-corrected chi connectivity index (χ0v) is 24.0. The summed E-state index contributed by atoms with van der Waals surface area (Å²) in [6, 6.07) is 27.2. The van der Waals surface area contributed by atoms with Gasteiger partial charge in [0.25, 0.3) is 11.8 Å². The van der Waals surface area contributed by atoms with Crippen molar-refractivity contribution < 1.29 is 27.9 Å². The average Bonchev–Trinajstić information content (AvgIpc) is 3.53. The van der Waals surface area contributed by atoms with Crippen LogP contribution in [0, 0.1) is 5.82 Å². The molecule has 43 heavy (non-hydrogen) atoms. The molecule has 4 aromatic rings. The van der Waals surface area contributed by atoms with Gasteiger partial charge in [-0.15, -0.1) is 0 Å². The number of amides is 2. The SMILES string of the molecule is O=C(c1ccc(-c2ccc(F)cc2)o1)N1CCOC2(CCCCc3ccccc3OCCN(Cc3ccccc3)C2=O)C1. The number of halogens is 1. The largest absolute Gasteiger partial charge is 0.491 e. The minimum atomic E-state index is -1.19. The van der Waals surface area contributed by atoms with Crippen molar-refractivity contribution in [3.8, 4) is 17.1 Å². The number of benzene rings is 3. The Morgan fingerprint density at radius 3 is 2.49 bits per heavy atom. The van der Waals surface area contributed by atoms with Crippen molar-refractivity contribution in [3.63, 3.8) is 0 Å². The highest BCUT2D eigenvalue weighted by Gasteiger charge is 2.47. The van der Waals surface area contributed by atoms with Crippen LogP contribution >= 0.6 is 0 Å². The maximum atomic E-state index is 14.5. The molecule has 6 rings (SSSR count). The average molecular weight is 583 g/mol. The summed E-state index contributed by atoms with van der Waals surface area (Å²) >= 11 is 0. The van der Waals surface area contributed by atoms with E-state index in [9.17, 15) is 14.0 Å². The zero-order valence-electron chi connectivity index (χ0n) is 24.0. The van der Waals surface area contributed by atoms with Gasteiger partial charge in [0.1, 0.15) is 23.9 Å². The number of para-hydroxylation sites is 1. The van der Waals surface area contributed by atoms with E-state index in [1.807, 2.05) is 48.5 Å². The first-order valence-electron chi connectivity index (χ1n) is 14.8. The predicted molar refractivity (Wildman–Crippen MR) is 160 cm³/mol. The summed E-state index contributed by atoms with van der Waals surface area (Å²) in [5.41, 5.74) is 1.64. The lowest BCUT2D eigenvalue weighted by atomic mass is 9.90. The topological polar surface area (TPSA) is 72.2 Å². The summed E-state index contributed by atoms with van der Waals surface area (Å²) in [7, 11) is 0. The number of carbonyl (C=O) groups is 2. The van der Waals surface area contributed by atoms with Gasteiger partial charge in [0.05, 0.1) is 19.7 Å².